The molecule has 0 saturated heterocycles. The molecule has 2 aromatic rings. The quantitative estimate of drug-likeness (QED) is 0.609. The highest BCUT2D eigenvalue weighted by atomic mass is 35.5. The van der Waals surface area contributed by atoms with Gasteiger partial charge in [-0.2, -0.15) is 13.2 Å². The van der Waals surface area contributed by atoms with Gasteiger partial charge in [0.2, 0.25) is 0 Å². The minimum atomic E-state index is -4.59. The molecule has 1 aliphatic rings. The van der Waals surface area contributed by atoms with Gasteiger partial charge in [0.25, 0.3) is 11.8 Å². The summed E-state index contributed by atoms with van der Waals surface area (Å²) in [5.41, 5.74) is 4.37. The highest BCUT2D eigenvalue weighted by Crippen LogP contribution is 2.37. The topological polar surface area (TPSA) is 63.4 Å². The zero-order chi connectivity index (χ0) is 16.9. The first-order chi connectivity index (χ1) is 10.7. The van der Waals surface area contributed by atoms with E-state index in [2.05, 4.69) is 0 Å². The van der Waals surface area contributed by atoms with Crippen molar-refractivity contribution in [3.05, 3.63) is 58.1 Å². The number of hydrogen-bond donors (Lipinski definition) is 1. The molecular formula is C16H12ClF3N2O2. The van der Waals surface area contributed by atoms with Crippen molar-refractivity contribution in [1.82, 2.24) is 0 Å². The van der Waals surface area contributed by atoms with Gasteiger partial charge in [-0.1, -0.05) is 25.1 Å². The number of hydrogen-bond acceptors (Lipinski definition) is 3. The number of carbonyl (C=O) groups excluding carboxylic acids is 2. The number of halogens is 4. The standard InChI is InChI=1S/C15H8ClF3N2O2.CH4/c16-9-4-5-10(20)12-11(9)13(22)21(14(12)23)8-3-1-2-7(6-8)15(17,18)19;/h1-6H,20H2;1H4. The number of alkyl halides is 3. The molecule has 8 heteroatoms. The van der Waals surface area contributed by atoms with Gasteiger partial charge in [-0.25, -0.2) is 4.90 Å². The van der Waals surface area contributed by atoms with Crippen LogP contribution < -0.4 is 10.6 Å². The van der Waals surface area contributed by atoms with Gasteiger partial charge in [0.15, 0.2) is 0 Å². The molecule has 126 valence electrons. The number of benzene rings is 2. The molecule has 0 aliphatic carbocycles. The van der Waals surface area contributed by atoms with E-state index >= 15 is 0 Å². The van der Waals surface area contributed by atoms with Crippen molar-refractivity contribution in [2.24, 2.45) is 0 Å². The second kappa shape index (κ2) is 5.83. The third-order valence-corrected chi connectivity index (χ3v) is 3.77. The molecule has 2 amide bonds. The highest BCUT2D eigenvalue weighted by molar-refractivity contribution is 6.43. The predicted octanol–water partition coefficient (Wildman–Crippen LogP) is 4.38. The van der Waals surface area contributed by atoms with Gasteiger partial charge in [-0.05, 0) is 30.3 Å². The lowest BCUT2D eigenvalue weighted by Gasteiger charge is -2.16. The van der Waals surface area contributed by atoms with Crippen LogP contribution in [0.4, 0.5) is 24.5 Å². The van der Waals surface area contributed by atoms with Gasteiger partial charge in [-0.3, -0.25) is 9.59 Å². The molecule has 0 spiro atoms. The summed E-state index contributed by atoms with van der Waals surface area (Å²) in [5, 5.41) is 0.0158. The smallest absolute Gasteiger partial charge is 0.398 e. The van der Waals surface area contributed by atoms with E-state index in [9.17, 15) is 22.8 Å². The highest BCUT2D eigenvalue weighted by Gasteiger charge is 2.41. The number of imide groups is 1. The minimum Gasteiger partial charge on any atom is -0.398 e. The second-order valence-electron chi connectivity index (χ2n) is 4.88. The van der Waals surface area contributed by atoms with Crippen molar-refractivity contribution in [1.29, 1.82) is 0 Å². The average molecular weight is 357 g/mol. The minimum absolute atomic E-state index is 0. The summed E-state index contributed by atoms with van der Waals surface area (Å²) in [6, 6.07) is 6.65. The Morgan fingerprint density at radius 1 is 1.00 bits per heavy atom. The van der Waals surface area contributed by atoms with Crippen LogP contribution in [-0.2, 0) is 6.18 Å². The Labute approximate surface area is 140 Å². The Balaban J connectivity index is 0.00000208. The lowest BCUT2D eigenvalue weighted by molar-refractivity contribution is -0.137. The van der Waals surface area contributed by atoms with Crippen LogP contribution in [0, 0.1) is 0 Å². The fourth-order valence-corrected chi connectivity index (χ4v) is 2.64. The number of fused-ring (bicyclic) bond motifs is 1. The number of nitrogens with two attached hydrogens (primary N) is 1. The summed E-state index contributed by atoms with van der Waals surface area (Å²) in [7, 11) is 0. The summed E-state index contributed by atoms with van der Waals surface area (Å²) in [5.74, 6) is -1.61. The van der Waals surface area contributed by atoms with Crippen LogP contribution in [0.5, 0.6) is 0 Å². The van der Waals surface area contributed by atoms with Crippen molar-refractivity contribution in [2.45, 2.75) is 13.6 Å². The Morgan fingerprint density at radius 3 is 2.21 bits per heavy atom. The lowest BCUT2D eigenvalue weighted by Crippen LogP contribution is -2.29. The van der Waals surface area contributed by atoms with E-state index in [1.54, 1.807) is 0 Å². The van der Waals surface area contributed by atoms with Crippen molar-refractivity contribution in [3.63, 3.8) is 0 Å². The first-order valence-electron chi connectivity index (χ1n) is 6.36. The van der Waals surface area contributed by atoms with E-state index in [0.717, 1.165) is 18.2 Å². The van der Waals surface area contributed by atoms with E-state index in [1.807, 2.05) is 0 Å². The van der Waals surface area contributed by atoms with Gasteiger partial charge < -0.3 is 5.73 Å². The van der Waals surface area contributed by atoms with E-state index in [1.165, 1.54) is 18.2 Å². The maximum absolute atomic E-state index is 12.8. The van der Waals surface area contributed by atoms with Crippen molar-refractivity contribution < 1.29 is 22.8 Å². The summed E-state index contributed by atoms with van der Waals surface area (Å²) >= 11 is 5.92. The Hall–Kier alpha value is -2.54. The van der Waals surface area contributed by atoms with Gasteiger partial charge in [0, 0.05) is 5.69 Å². The monoisotopic (exact) mass is 356 g/mol. The molecule has 0 aromatic heterocycles. The lowest BCUT2D eigenvalue weighted by atomic mass is 10.1. The summed E-state index contributed by atoms with van der Waals surface area (Å²) in [6.07, 6.45) is -4.59. The van der Waals surface area contributed by atoms with Crippen molar-refractivity contribution >= 4 is 34.8 Å². The maximum atomic E-state index is 12.8. The maximum Gasteiger partial charge on any atom is 0.416 e. The molecule has 2 N–H and O–H groups in total. The molecule has 1 heterocycles. The molecule has 24 heavy (non-hydrogen) atoms. The first-order valence-corrected chi connectivity index (χ1v) is 6.73. The molecule has 0 saturated carbocycles. The van der Waals surface area contributed by atoms with E-state index < -0.39 is 23.6 Å². The van der Waals surface area contributed by atoms with E-state index in [0.29, 0.717) is 4.90 Å². The SMILES string of the molecule is C.Nc1ccc(Cl)c2c1C(=O)N(c1cccc(C(F)(F)F)c1)C2=O. The molecule has 0 unspecified atom stereocenters. The molecule has 1 aliphatic heterocycles. The molecule has 4 nitrogen and oxygen atoms in total. The molecule has 3 rings (SSSR count). The van der Waals surface area contributed by atoms with Crippen LogP contribution in [0.2, 0.25) is 5.02 Å². The van der Waals surface area contributed by atoms with Crippen LogP contribution in [0.3, 0.4) is 0 Å². The fourth-order valence-electron chi connectivity index (χ4n) is 2.40. The number of amides is 2. The third-order valence-electron chi connectivity index (χ3n) is 3.45. The Bertz CT molecular complexity index is 809. The average Bonchev–Trinajstić information content (AvgIpc) is 2.75. The van der Waals surface area contributed by atoms with Crippen molar-refractivity contribution in [3.8, 4) is 0 Å². The Morgan fingerprint density at radius 2 is 1.62 bits per heavy atom. The molecule has 0 fully saturated rings. The Kier molecular flexibility index (Phi) is 4.32. The largest absolute Gasteiger partial charge is 0.416 e. The van der Waals surface area contributed by atoms with Gasteiger partial charge in [0.1, 0.15) is 0 Å². The zero-order valence-corrected chi connectivity index (χ0v) is 12.1. The van der Waals surface area contributed by atoms with Crippen LogP contribution in [0.25, 0.3) is 0 Å². The van der Waals surface area contributed by atoms with Gasteiger partial charge in [-0.15, -0.1) is 0 Å². The zero-order valence-electron chi connectivity index (χ0n) is 11.3. The third kappa shape index (κ3) is 2.60. The van der Waals surface area contributed by atoms with Crippen LogP contribution in [0.15, 0.2) is 36.4 Å². The van der Waals surface area contributed by atoms with Gasteiger partial charge in [0.05, 0.1) is 27.4 Å². The number of nitrogen functional groups attached to an aromatic ring is 1. The van der Waals surface area contributed by atoms with Crippen molar-refractivity contribution in [2.75, 3.05) is 10.6 Å². The summed E-state index contributed by atoms with van der Waals surface area (Å²) in [4.78, 5) is 25.5. The number of nitrogens with zero attached hydrogens (tertiary/aromatic N) is 1. The molecule has 0 bridgehead atoms. The van der Waals surface area contributed by atoms with Crippen LogP contribution >= 0.6 is 11.6 Å². The molecule has 0 radical (unpaired) electrons. The predicted molar refractivity (Wildman–Crippen MR) is 85.2 cm³/mol. The van der Waals surface area contributed by atoms with Crippen LogP contribution in [-0.4, -0.2) is 11.8 Å². The molecule has 2 aromatic carbocycles. The fraction of sp³-hybridized carbons (Fsp3) is 0.125. The molecule has 0 atom stereocenters. The van der Waals surface area contributed by atoms with E-state index in [4.69, 9.17) is 17.3 Å². The summed E-state index contributed by atoms with van der Waals surface area (Å²) < 4.78 is 38.4. The number of rotatable bonds is 1. The first kappa shape index (κ1) is 17.8. The molecular weight excluding hydrogens is 345 g/mol. The number of carbonyl (C=O) groups is 2. The van der Waals surface area contributed by atoms with Crippen LogP contribution in [0.1, 0.15) is 33.7 Å². The van der Waals surface area contributed by atoms with Gasteiger partial charge >= 0.3 is 6.18 Å². The number of anilines is 2. The van der Waals surface area contributed by atoms with E-state index in [-0.39, 0.29) is 35.0 Å². The normalized spacial score (nSPS) is 13.8. The summed E-state index contributed by atoms with van der Waals surface area (Å²) in [6.45, 7) is 0. The second-order valence-corrected chi connectivity index (χ2v) is 5.29.